The molecule has 1 fully saturated rings. The zero-order valence-corrected chi connectivity index (χ0v) is 17.0. The molecular formula is C23H23N3OS. The number of benzene rings is 2. The van der Waals surface area contributed by atoms with E-state index in [1.54, 1.807) is 16.7 Å². The van der Waals surface area contributed by atoms with E-state index < -0.39 is 0 Å². The van der Waals surface area contributed by atoms with Gasteiger partial charge >= 0.3 is 0 Å². The first kappa shape index (κ1) is 18.6. The number of thioether (sulfide) groups is 1. The highest BCUT2D eigenvalue weighted by atomic mass is 32.2. The maximum Gasteiger partial charge on any atom is 0.229 e. The standard InChI is InChI=1S/C23H23N3OS/c1-3-17-8-10-18(11-9-17)19-12-22(27)26-14-25(15-28-23(26)20(19)13-24)21-7-5-4-6-16(21)2/h4-11,19H,3,12,14-15H2,1-2H3/t19-/m0/s1. The molecule has 0 aromatic heterocycles. The van der Waals surface area contributed by atoms with Gasteiger partial charge in [-0.25, -0.2) is 0 Å². The normalized spacial score (nSPS) is 19.5. The Morgan fingerprint density at radius 1 is 1.18 bits per heavy atom. The molecule has 4 nitrogen and oxygen atoms in total. The zero-order chi connectivity index (χ0) is 19.7. The molecule has 2 aliphatic heterocycles. The number of aryl methyl sites for hydroxylation is 2. The Bertz CT molecular complexity index is 974. The number of amides is 1. The minimum atomic E-state index is -0.146. The van der Waals surface area contributed by atoms with E-state index in [0.717, 1.165) is 34.2 Å². The maximum absolute atomic E-state index is 13.0. The molecular weight excluding hydrogens is 366 g/mol. The third-order valence-electron chi connectivity index (χ3n) is 5.54. The summed E-state index contributed by atoms with van der Waals surface area (Å²) in [4.78, 5) is 17.0. The highest BCUT2D eigenvalue weighted by molar-refractivity contribution is 8.03. The van der Waals surface area contributed by atoms with Crippen LogP contribution >= 0.6 is 11.8 Å². The Morgan fingerprint density at radius 3 is 2.61 bits per heavy atom. The van der Waals surface area contributed by atoms with Crippen LogP contribution in [0, 0.1) is 18.3 Å². The lowest BCUT2D eigenvalue weighted by atomic mass is 9.86. The van der Waals surface area contributed by atoms with Gasteiger partial charge in [0, 0.05) is 18.0 Å². The molecule has 0 aliphatic carbocycles. The fourth-order valence-electron chi connectivity index (χ4n) is 3.90. The second kappa shape index (κ2) is 7.73. The Labute approximate surface area is 170 Å². The zero-order valence-electron chi connectivity index (χ0n) is 16.2. The monoisotopic (exact) mass is 389 g/mol. The third kappa shape index (κ3) is 3.29. The van der Waals surface area contributed by atoms with E-state index in [1.807, 2.05) is 12.1 Å². The van der Waals surface area contributed by atoms with E-state index in [2.05, 4.69) is 61.2 Å². The Balaban J connectivity index is 1.66. The van der Waals surface area contributed by atoms with Crippen LogP contribution in [0.2, 0.25) is 0 Å². The highest BCUT2D eigenvalue weighted by Gasteiger charge is 2.38. The second-order valence-corrected chi connectivity index (χ2v) is 8.18. The minimum Gasteiger partial charge on any atom is -0.343 e. The Kier molecular flexibility index (Phi) is 5.15. The molecule has 2 aromatic rings. The fourth-order valence-corrected chi connectivity index (χ4v) is 5.06. The van der Waals surface area contributed by atoms with Crippen LogP contribution in [0.1, 0.15) is 36.0 Å². The predicted molar refractivity (Wildman–Crippen MR) is 114 cm³/mol. The summed E-state index contributed by atoms with van der Waals surface area (Å²) >= 11 is 1.59. The number of rotatable bonds is 3. The Morgan fingerprint density at radius 2 is 1.93 bits per heavy atom. The molecule has 2 heterocycles. The lowest BCUT2D eigenvalue weighted by molar-refractivity contribution is -0.129. The summed E-state index contributed by atoms with van der Waals surface area (Å²) in [7, 11) is 0. The molecule has 0 spiro atoms. The van der Waals surface area contributed by atoms with E-state index in [4.69, 9.17) is 0 Å². The first-order valence-corrected chi connectivity index (χ1v) is 10.6. The predicted octanol–water partition coefficient (Wildman–Crippen LogP) is 4.78. The van der Waals surface area contributed by atoms with Gasteiger partial charge in [0.1, 0.15) is 0 Å². The topological polar surface area (TPSA) is 47.3 Å². The molecule has 1 atom stereocenters. The first-order valence-electron chi connectivity index (χ1n) is 9.59. The molecule has 5 heteroatoms. The molecule has 0 bridgehead atoms. The van der Waals surface area contributed by atoms with Crippen molar-refractivity contribution >= 4 is 23.4 Å². The molecule has 4 rings (SSSR count). The van der Waals surface area contributed by atoms with Crippen LogP contribution < -0.4 is 4.90 Å². The number of nitriles is 1. The fraction of sp³-hybridized carbons (Fsp3) is 0.304. The van der Waals surface area contributed by atoms with Crippen LogP contribution in [0.15, 0.2) is 59.1 Å². The smallest absolute Gasteiger partial charge is 0.229 e. The minimum absolute atomic E-state index is 0.0874. The van der Waals surface area contributed by atoms with E-state index in [-0.39, 0.29) is 11.8 Å². The number of hydrogen-bond acceptors (Lipinski definition) is 4. The number of fused-ring (bicyclic) bond motifs is 1. The number of nitrogens with zero attached hydrogens (tertiary/aromatic N) is 3. The Hall–Kier alpha value is -2.71. The van der Waals surface area contributed by atoms with Gasteiger partial charge in [0.05, 0.1) is 29.2 Å². The number of carbonyl (C=O) groups excluding carboxylic acids is 1. The number of carbonyl (C=O) groups is 1. The second-order valence-electron chi connectivity index (χ2n) is 7.25. The van der Waals surface area contributed by atoms with Crippen molar-refractivity contribution < 1.29 is 4.79 Å². The maximum atomic E-state index is 13.0. The van der Waals surface area contributed by atoms with Gasteiger partial charge in [0.2, 0.25) is 5.91 Å². The van der Waals surface area contributed by atoms with Crippen molar-refractivity contribution in [3.05, 3.63) is 75.8 Å². The quantitative estimate of drug-likeness (QED) is 0.758. The molecule has 28 heavy (non-hydrogen) atoms. The summed E-state index contributed by atoms with van der Waals surface area (Å²) in [5.74, 6) is 0.674. The molecule has 142 valence electrons. The van der Waals surface area contributed by atoms with E-state index in [9.17, 15) is 10.1 Å². The summed E-state index contributed by atoms with van der Waals surface area (Å²) in [5, 5.41) is 10.7. The number of para-hydroxylation sites is 1. The third-order valence-corrected chi connectivity index (χ3v) is 6.69. The van der Waals surface area contributed by atoms with Crippen molar-refractivity contribution in [3.8, 4) is 6.07 Å². The largest absolute Gasteiger partial charge is 0.343 e. The van der Waals surface area contributed by atoms with Crippen LogP contribution in [0.4, 0.5) is 5.69 Å². The van der Waals surface area contributed by atoms with Crippen molar-refractivity contribution in [1.82, 2.24) is 4.90 Å². The van der Waals surface area contributed by atoms with Gasteiger partial charge in [0.25, 0.3) is 0 Å². The van der Waals surface area contributed by atoms with Crippen LogP contribution in [-0.4, -0.2) is 23.4 Å². The average Bonchev–Trinajstić information content (AvgIpc) is 2.74. The van der Waals surface area contributed by atoms with Crippen molar-refractivity contribution in [2.24, 2.45) is 0 Å². The summed E-state index contributed by atoms with van der Waals surface area (Å²) < 4.78 is 0. The summed E-state index contributed by atoms with van der Waals surface area (Å²) in [6.45, 7) is 4.71. The molecule has 2 aromatic carbocycles. The van der Waals surface area contributed by atoms with Gasteiger partial charge in [-0.2, -0.15) is 5.26 Å². The van der Waals surface area contributed by atoms with Gasteiger partial charge in [-0.3, -0.25) is 9.69 Å². The SMILES string of the molecule is CCc1ccc([C@@H]2CC(=O)N3CN(c4ccccc4C)CSC3=C2C#N)cc1. The molecule has 0 saturated carbocycles. The summed E-state index contributed by atoms with van der Waals surface area (Å²) in [6.07, 6.45) is 1.33. The van der Waals surface area contributed by atoms with Gasteiger partial charge in [-0.15, -0.1) is 0 Å². The lowest BCUT2D eigenvalue weighted by Crippen LogP contribution is -2.47. The molecule has 0 radical (unpaired) electrons. The van der Waals surface area contributed by atoms with Crippen LogP contribution in [0.25, 0.3) is 0 Å². The van der Waals surface area contributed by atoms with Crippen molar-refractivity contribution in [2.45, 2.75) is 32.6 Å². The first-order chi connectivity index (χ1) is 13.6. The van der Waals surface area contributed by atoms with Gasteiger partial charge in [0.15, 0.2) is 0 Å². The van der Waals surface area contributed by atoms with Crippen molar-refractivity contribution in [3.63, 3.8) is 0 Å². The van der Waals surface area contributed by atoms with Gasteiger partial charge in [-0.05, 0) is 36.1 Å². The molecule has 0 unspecified atom stereocenters. The van der Waals surface area contributed by atoms with Gasteiger partial charge < -0.3 is 4.90 Å². The molecule has 1 amide bonds. The van der Waals surface area contributed by atoms with Crippen molar-refractivity contribution in [2.75, 3.05) is 17.4 Å². The van der Waals surface area contributed by atoms with Crippen molar-refractivity contribution in [1.29, 1.82) is 5.26 Å². The number of anilines is 1. The van der Waals surface area contributed by atoms with E-state index in [0.29, 0.717) is 13.1 Å². The van der Waals surface area contributed by atoms with Crippen LogP contribution in [0.3, 0.4) is 0 Å². The summed E-state index contributed by atoms with van der Waals surface area (Å²) in [6, 6.07) is 19.0. The highest BCUT2D eigenvalue weighted by Crippen LogP contribution is 2.43. The van der Waals surface area contributed by atoms with Crippen LogP contribution in [0.5, 0.6) is 0 Å². The lowest BCUT2D eigenvalue weighted by Gasteiger charge is -2.42. The van der Waals surface area contributed by atoms with E-state index >= 15 is 0 Å². The summed E-state index contributed by atoms with van der Waals surface area (Å²) in [5.41, 5.74) is 5.36. The molecule has 1 saturated heterocycles. The van der Waals surface area contributed by atoms with E-state index in [1.165, 1.54) is 11.1 Å². The molecule has 2 aliphatic rings. The number of hydrogen-bond donors (Lipinski definition) is 0. The average molecular weight is 390 g/mol. The van der Waals surface area contributed by atoms with Crippen LogP contribution in [-0.2, 0) is 11.2 Å². The van der Waals surface area contributed by atoms with Gasteiger partial charge in [-0.1, -0.05) is 61.2 Å². The number of allylic oxidation sites excluding steroid dienone is 1. The molecule has 0 N–H and O–H groups in total.